The van der Waals surface area contributed by atoms with Crippen molar-refractivity contribution < 1.29 is 23.1 Å². The fourth-order valence-corrected chi connectivity index (χ4v) is 2.48. The average molecular weight is 305 g/mol. The predicted molar refractivity (Wildman–Crippen MR) is 73.6 cm³/mol. The first-order chi connectivity index (χ1) is 8.46. The second-order valence-corrected chi connectivity index (χ2v) is 8.28. The fourth-order valence-electron chi connectivity index (χ4n) is 1.19. The molecule has 0 saturated heterocycles. The third kappa shape index (κ3) is 3.13. The molecule has 0 radical (unpaired) electrons. The third-order valence-electron chi connectivity index (χ3n) is 2.82. The van der Waals surface area contributed by atoms with Crippen molar-refractivity contribution in [1.29, 1.82) is 0 Å². The van der Waals surface area contributed by atoms with E-state index in [-0.39, 0.29) is 4.88 Å². The van der Waals surface area contributed by atoms with E-state index in [9.17, 15) is 18.0 Å². The summed E-state index contributed by atoms with van der Waals surface area (Å²) in [4.78, 5) is 22.9. The fraction of sp³-hybridized carbons (Fsp3) is 0.455. The standard InChI is InChI=1S/C11H15NO5S2/c1-6-5-7(18-8(6)9(13)14)12-10(15)11(2,3)19(4,16)17/h5H,1-4H3,(H,12,15)(H,13,14). The number of carboxylic acids is 1. The van der Waals surface area contributed by atoms with E-state index in [4.69, 9.17) is 5.11 Å². The Morgan fingerprint density at radius 2 is 1.89 bits per heavy atom. The molecule has 1 amide bonds. The number of rotatable bonds is 4. The summed E-state index contributed by atoms with van der Waals surface area (Å²) < 4.78 is 21.5. The van der Waals surface area contributed by atoms with Crippen molar-refractivity contribution in [3.63, 3.8) is 0 Å². The number of carboxylic acid groups (broad SMARTS) is 1. The number of carbonyl (C=O) groups is 2. The summed E-state index contributed by atoms with van der Waals surface area (Å²) in [6.45, 7) is 4.21. The van der Waals surface area contributed by atoms with Gasteiger partial charge in [0.2, 0.25) is 5.91 Å². The third-order valence-corrected chi connectivity index (χ3v) is 6.00. The van der Waals surface area contributed by atoms with Crippen molar-refractivity contribution >= 4 is 38.1 Å². The molecule has 1 rings (SSSR count). The molecule has 0 atom stereocenters. The summed E-state index contributed by atoms with van der Waals surface area (Å²) in [5.74, 6) is -1.77. The summed E-state index contributed by atoms with van der Waals surface area (Å²) in [6.07, 6.45) is 0.981. The number of nitrogens with one attached hydrogen (secondary N) is 1. The minimum Gasteiger partial charge on any atom is -0.477 e. The maximum Gasteiger partial charge on any atom is 0.346 e. The minimum absolute atomic E-state index is 0.118. The lowest BCUT2D eigenvalue weighted by Gasteiger charge is -2.20. The number of thiophene rings is 1. The summed E-state index contributed by atoms with van der Waals surface area (Å²) >= 11 is 0.896. The van der Waals surface area contributed by atoms with Gasteiger partial charge in [-0.15, -0.1) is 11.3 Å². The highest BCUT2D eigenvalue weighted by Gasteiger charge is 2.38. The van der Waals surface area contributed by atoms with E-state index in [1.54, 1.807) is 6.92 Å². The van der Waals surface area contributed by atoms with Crippen molar-refractivity contribution in [3.8, 4) is 0 Å². The van der Waals surface area contributed by atoms with Crippen molar-refractivity contribution in [1.82, 2.24) is 0 Å². The number of sulfone groups is 1. The molecule has 0 spiro atoms. The largest absolute Gasteiger partial charge is 0.477 e. The van der Waals surface area contributed by atoms with Gasteiger partial charge in [0.15, 0.2) is 9.84 Å². The second-order valence-electron chi connectivity index (χ2n) is 4.66. The molecule has 0 unspecified atom stereocenters. The van der Waals surface area contributed by atoms with Crippen LogP contribution in [0.1, 0.15) is 29.1 Å². The van der Waals surface area contributed by atoms with Gasteiger partial charge in [-0.1, -0.05) is 0 Å². The monoisotopic (exact) mass is 305 g/mol. The van der Waals surface area contributed by atoms with E-state index in [0.717, 1.165) is 17.6 Å². The zero-order chi connectivity index (χ0) is 15.0. The van der Waals surface area contributed by atoms with E-state index in [2.05, 4.69) is 5.32 Å². The first-order valence-corrected chi connectivity index (χ1v) is 8.02. The Kier molecular flexibility index (Phi) is 4.06. The van der Waals surface area contributed by atoms with Gasteiger partial charge in [0, 0.05) is 6.26 Å². The van der Waals surface area contributed by atoms with Crippen LogP contribution in [0, 0.1) is 6.92 Å². The van der Waals surface area contributed by atoms with Gasteiger partial charge in [-0.2, -0.15) is 0 Å². The molecule has 0 aromatic carbocycles. The Bertz CT molecular complexity index is 628. The van der Waals surface area contributed by atoms with Crippen LogP contribution in [0.25, 0.3) is 0 Å². The maximum atomic E-state index is 11.9. The van der Waals surface area contributed by atoms with Gasteiger partial charge in [-0.25, -0.2) is 13.2 Å². The van der Waals surface area contributed by atoms with Gasteiger partial charge in [0.1, 0.15) is 9.62 Å². The van der Waals surface area contributed by atoms with Gasteiger partial charge in [0.25, 0.3) is 0 Å². The highest BCUT2D eigenvalue weighted by atomic mass is 32.2. The van der Waals surface area contributed by atoms with Crippen LogP contribution in [-0.2, 0) is 14.6 Å². The zero-order valence-corrected chi connectivity index (χ0v) is 12.6. The van der Waals surface area contributed by atoms with Crippen molar-refractivity contribution in [2.45, 2.75) is 25.5 Å². The molecule has 19 heavy (non-hydrogen) atoms. The Morgan fingerprint density at radius 3 is 2.26 bits per heavy atom. The summed E-state index contributed by atoms with van der Waals surface area (Å²) in [6, 6.07) is 1.50. The average Bonchev–Trinajstić information content (AvgIpc) is 2.57. The maximum absolute atomic E-state index is 11.9. The normalized spacial score (nSPS) is 12.2. The molecule has 0 fully saturated rings. The van der Waals surface area contributed by atoms with E-state index >= 15 is 0 Å². The molecule has 1 aromatic heterocycles. The van der Waals surface area contributed by atoms with Crippen LogP contribution in [0.4, 0.5) is 5.00 Å². The first kappa shape index (κ1) is 15.6. The molecular formula is C11H15NO5S2. The zero-order valence-electron chi connectivity index (χ0n) is 11.0. The topological polar surface area (TPSA) is 101 Å². The number of carbonyl (C=O) groups excluding carboxylic acids is 1. The Morgan fingerprint density at radius 1 is 1.37 bits per heavy atom. The lowest BCUT2D eigenvalue weighted by atomic mass is 10.2. The summed E-state index contributed by atoms with van der Waals surface area (Å²) in [5, 5.41) is 11.7. The van der Waals surface area contributed by atoms with E-state index in [1.807, 2.05) is 0 Å². The van der Waals surface area contributed by atoms with Crippen LogP contribution in [0.5, 0.6) is 0 Å². The molecular weight excluding hydrogens is 290 g/mol. The molecule has 1 heterocycles. The van der Waals surface area contributed by atoms with E-state index in [0.29, 0.717) is 10.6 Å². The van der Waals surface area contributed by atoms with E-state index < -0.39 is 26.5 Å². The highest BCUT2D eigenvalue weighted by Crippen LogP contribution is 2.28. The molecule has 0 aliphatic heterocycles. The summed E-state index contributed by atoms with van der Waals surface area (Å²) in [7, 11) is -3.57. The van der Waals surface area contributed by atoms with Gasteiger partial charge in [0.05, 0.1) is 5.00 Å². The van der Waals surface area contributed by atoms with Gasteiger partial charge >= 0.3 is 5.97 Å². The SMILES string of the molecule is Cc1cc(NC(=O)C(C)(C)S(C)(=O)=O)sc1C(=O)O. The van der Waals surface area contributed by atoms with Gasteiger partial charge in [-0.05, 0) is 32.4 Å². The number of hydrogen-bond acceptors (Lipinski definition) is 5. The van der Waals surface area contributed by atoms with Crippen LogP contribution < -0.4 is 5.32 Å². The minimum atomic E-state index is -3.57. The Hall–Kier alpha value is -1.41. The molecule has 0 aliphatic rings. The molecule has 0 saturated carbocycles. The van der Waals surface area contributed by atoms with E-state index in [1.165, 1.54) is 19.9 Å². The summed E-state index contributed by atoms with van der Waals surface area (Å²) in [5.41, 5.74) is 0.518. The van der Waals surface area contributed by atoms with Crippen molar-refractivity contribution in [2.75, 3.05) is 11.6 Å². The van der Waals surface area contributed by atoms with Crippen LogP contribution >= 0.6 is 11.3 Å². The first-order valence-electron chi connectivity index (χ1n) is 5.31. The lowest BCUT2D eigenvalue weighted by molar-refractivity contribution is -0.117. The molecule has 0 bridgehead atoms. The van der Waals surface area contributed by atoms with Crippen LogP contribution in [-0.4, -0.2) is 36.4 Å². The van der Waals surface area contributed by atoms with Crippen LogP contribution in [0.15, 0.2) is 6.07 Å². The number of aryl methyl sites for hydroxylation is 1. The predicted octanol–water partition coefficient (Wildman–Crippen LogP) is 1.52. The molecule has 2 N–H and O–H groups in total. The van der Waals surface area contributed by atoms with Crippen LogP contribution in [0.3, 0.4) is 0 Å². The molecule has 6 nitrogen and oxygen atoms in total. The molecule has 1 aromatic rings. The molecule has 106 valence electrons. The van der Waals surface area contributed by atoms with Gasteiger partial charge in [-0.3, -0.25) is 4.79 Å². The lowest BCUT2D eigenvalue weighted by Crippen LogP contribution is -2.43. The number of hydrogen-bond donors (Lipinski definition) is 2. The Balaban J connectivity index is 3.02. The number of amides is 1. The molecule has 8 heteroatoms. The Labute approximate surface area is 115 Å². The highest BCUT2D eigenvalue weighted by molar-refractivity contribution is 7.92. The molecule has 0 aliphatic carbocycles. The number of aromatic carboxylic acids is 1. The van der Waals surface area contributed by atoms with Crippen molar-refractivity contribution in [2.24, 2.45) is 0 Å². The van der Waals surface area contributed by atoms with Gasteiger partial charge < -0.3 is 10.4 Å². The quantitative estimate of drug-likeness (QED) is 0.878. The van der Waals surface area contributed by atoms with Crippen molar-refractivity contribution in [3.05, 3.63) is 16.5 Å². The number of anilines is 1. The smallest absolute Gasteiger partial charge is 0.346 e. The second kappa shape index (κ2) is 4.93. The van der Waals surface area contributed by atoms with Crippen LogP contribution in [0.2, 0.25) is 0 Å².